The van der Waals surface area contributed by atoms with Gasteiger partial charge in [-0.25, -0.2) is 4.68 Å². The third-order valence-electron chi connectivity index (χ3n) is 3.72. The fourth-order valence-electron chi connectivity index (χ4n) is 2.28. The summed E-state index contributed by atoms with van der Waals surface area (Å²) in [7, 11) is 0. The molecule has 0 bridgehead atoms. The van der Waals surface area contributed by atoms with Crippen LogP contribution < -0.4 is 11.2 Å². The predicted molar refractivity (Wildman–Crippen MR) is 106 cm³/mol. The molecule has 2 aromatic carbocycles. The molecule has 1 amide bonds. The molecule has 3 aromatic rings. The molecule has 1 atom stereocenters. The second-order valence-electron chi connectivity index (χ2n) is 5.80. The Hall–Kier alpha value is -2.51. The standard InChI is InChI=1S/C18H18ClN5OS/c1-11-6-8-13(9-7-11)16-22-23-18(24(16)20)26-12(2)17(25)21-15-5-3-4-14(19)10-15/h3-10,12H,20H2,1-2H3,(H,21,25)/t12-/m0/s1. The van der Waals surface area contributed by atoms with Crippen LogP contribution in [0.15, 0.2) is 53.7 Å². The van der Waals surface area contributed by atoms with Crippen molar-refractivity contribution in [2.45, 2.75) is 24.3 Å². The van der Waals surface area contributed by atoms with E-state index in [1.54, 1.807) is 31.2 Å². The van der Waals surface area contributed by atoms with E-state index >= 15 is 0 Å². The number of halogens is 1. The summed E-state index contributed by atoms with van der Waals surface area (Å²) in [6.07, 6.45) is 0. The van der Waals surface area contributed by atoms with Crippen LogP contribution in [0, 0.1) is 6.92 Å². The quantitative estimate of drug-likeness (QED) is 0.514. The third kappa shape index (κ3) is 4.17. The Bertz CT molecular complexity index is 926. The molecule has 1 heterocycles. The molecule has 0 aliphatic carbocycles. The van der Waals surface area contributed by atoms with E-state index in [1.807, 2.05) is 31.2 Å². The first-order valence-corrected chi connectivity index (χ1v) is 9.20. The zero-order valence-corrected chi connectivity index (χ0v) is 15.9. The lowest BCUT2D eigenvalue weighted by molar-refractivity contribution is -0.115. The number of carbonyl (C=O) groups excluding carboxylic acids is 1. The first kappa shape index (κ1) is 18.3. The molecule has 0 saturated heterocycles. The third-order valence-corrected chi connectivity index (χ3v) is 5.01. The van der Waals surface area contributed by atoms with Crippen LogP contribution in [0.25, 0.3) is 11.4 Å². The van der Waals surface area contributed by atoms with Crippen LogP contribution in [0.2, 0.25) is 5.02 Å². The SMILES string of the molecule is Cc1ccc(-c2nnc(S[C@@H](C)C(=O)Nc3cccc(Cl)c3)n2N)cc1. The van der Waals surface area contributed by atoms with Crippen LogP contribution >= 0.6 is 23.4 Å². The molecular formula is C18H18ClN5OS. The number of hydrogen-bond donors (Lipinski definition) is 2. The number of carbonyl (C=O) groups is 1. The number of nitrogens with one attached hydrogen (secondary N) is 1. The normalized spacial score (nSPS) is 12.0. The Labute approximate surface area is 160 Å². The molecule has 3 rings (SSSR count). The van der Waals surface area contributed by atoms with E-state index in [-0.39, 0.29) is 5.91 Å². The summed E-state index contributed by atoms with van der Waals surface area (Å²) in [5.41, 5.74) is 2.66. The average Bonchev–Trinajstić information content (AvgIpc) is 2.96. The Morgan fingerprint density at radius 3 is 2.65 bits per heavy atom. The van der Waals surface area contributed by atoms with Gasteiger partial charge in [0.25, 0.3) is 0 Å². The Balaban J connectivity index is 1.70. The number of hydrogen-bond acceptors (Lipinski definition) is 5. The van der Waals surface area contributed by atoms with Gasteiger partial charge in [-0.3, -0.25) is 4.79 Å². The van der Waals surface area contributed by atoms with Crippen LogP contribution in [0.1, 0.15) is 12.5 Å². The topological polar surface area (TPSA) is 85.8 Å². The second-order valence-corrected chi connectivity index (χ2v) is 7.55. The number of amides is 1. The van der Waals surface area contributed by atoms with Crippen molar-refractivity contribution in [3.8, 4) is 11.4 Å². The van der Waals surface area contributed by atoms with Crippen molar-refractivity contribution in [2.24, 2.45) is 0 Å². The van der Waals surface area contributed by atoms with Crippen LogP contribution in [0.5, 0.6) is 0 Å². The molecule has 6 nitrogen and oxygen atoms in total. The van der Waals surface area contributed by atoms with Crippen LogP contribution in [0.3, 0.4) is 0 Å². The van der Waals surface area contributed by atoms with E-state index < -0.39 is 5.25 Å². The number of aryl methyl sites for hydroxylation is 1. The molecule has 0 saturated carbocycles. The largest absolute Gasteiger partial charge is 0.335 e. The highest BCUT2D eigenvalue weighted by Crippen LogP contribution is 2.26. The lowest BCUT2D eigenvalue weighted by Crippen LogP contribution is -2.23. The van der Waals surface area contributed by atoms with Gasteiger partial charge in [-0.15, -0.1) is 10.2 Å². The van der Waals surface area contributed by atoms with Gasteiger partial charge in [0.2, 0.25) is 11.1 Å². The van der Waals surface area contributed by atoms with Crippen molar-refractivity contribution in [3.05, 3.63) is 59.1 Å². The summed E-state index contributed by atoms with van der Waals surface area (Å²) < 4.78 is 1.40. The highest BCUT2D eigenvalue weighted by molar-refractivity contribution is 8.00. The summed E-state index contributed by atoms with van der Waals surface area (Å²) in [5, 5.41) is 11.7. The van der Waals surface area contributed by atoms with Crippen LogP contribution in [-0.4, -0.2) is 26.0 Å². The molecule has 0 unspecified atom stereocenters. The molecule has 0 aliphatic rings. The highest BCUT2D eigenvalue weighted by Gasteiger charge is 2.20. The Morgan fingerprint density at radius 1 is 1.23 bits per heavy atom. The van der Waals surface area contributed by atoms with Crippen molar-refractivity contribution < 1.29 is 4.79 Å². The maximum atomic E-state index is 12.4. The van der Waals surface area contributed by atoms with E-state index in [0.29, 0.717) is 21.7 Å². The van der Waals surface area contributed by atoms with Crippen molar-refractivity contribution in [1.29, 1.82) is 0 Å². The minimum atomic E-state index is -0.411. The van der Waals surface area contributed by atoms with E-state index in [4.69, 9.17) is 17.4 Å². The number of aromatic nitrogens is 3. The zero-order valence-electron chi connectivity index (χ0n) is 14.3. The van der Waals surface area contributed by atoms with Gasteiger partial charge in [0.1, 0.15) is 0 Å². The van der Waals surface area contributed by atoms with E-state index in [2.05, 4.69) is 15.5 Å². The maximum Gasteiger partial charge on any atom is 0.237 e. The minimum Gasteiger partial charge on any atom is -0.335 e. The second kappa shape index (κ2) is 7.80. The summed E-state index contributed by atoms with van der Waals surface area (Å²) in [6.45, 7) is 3.79. The molecule has 0 radical (unpaired) electrons. The van der Waals surface area contributed by atoms with Gasteiger partial charge in [-0.05, 0) is 32.0 Å². The highest BCUT2D eigenvalue weighted by atomic mass is 35.5. The summed E-state index contributed by atoms with van der Waals surface area (Å²) in [4.78, 5) is 12.4. The van der Waals surface area contributed by atoms with Gasteiger partial charge in [0, 0.05) is 16.3 Å². The minimum absolute atomic E-state index is 0.169. The Kier molecular flexibility index (Phi) is 5.49. The molecular weight excluding hydrogens is 370 g/mol. The number of thioether (sulfide) groups is 1. The van der Waals surface area contributed by atoms with E-state index in [1.165, 1.54) is 16.4 Å². The fraction of sp³-hybridized carbons (Fsp3) is 0.167. The van der Waals surface area contributed by atoms with Gasteiger partial charge >= 0.3 is 0 Å². The summed E-state index contributed by atoms with van der Waals surface area (Å²) >= 11 is 7.17. The van der Waals surface area contributed by atoms with Gasteiger partial charge in [0.05, 0.1) is 5.25 Å². The van der Waals surface area contributed by atoms with Crippen molar-refractivity contribution >= 4 is 35.0 Å². The summed E-state index contributed by atoms with van der Waals surface area (Å²) in [6, 6.07) is 14.8. The average molecular weight is 388 g/mol. The van der Waals surface area contributed by atoms with E-state index in [0.717, 1.165) is 11.1 Å². The number of nitrogen functional groups attached to an aromatic ring is 1. The monoisotopic (exact) mass is 387 g/mol. The number of benzene rings is 2. The molecule has 8 heteroatoms. The number of nitrogens with zero attached hydrogens (tertiary/aromatic N) is 3. The molecule has 0 aliphatic heterocycles. The molecule has 3 N–H and O–H groups in total. The summed E-state index contributed by atoms with van der Waals surface area (Å²) in [5.74, 6) is 6.50. The maximum absolute atomic E-state index is 12.4. The molecule has 0 fully saturated rings. The lowest BCUT2D eigenvalue weighted by atomic mass is 10.1. The molecule has 134 valence electrons. The first-order valence-electron chi connectivity index (χ1n) is 7.94. The fourth-order valence-corrected chi connectivity index (χ4v) is 3.24. The smallest absolute Gasteiger partial charge is 0.237 e. The van der Waals surface area contributed by atoms with Gasteiger partial charge < -0.3 is 11.2 Å². The lowest BCUT2D eigenvalue weighted by Gasteiger charge is -2.11. The van der Waals surface area contributed by atoms with Crippen LogP contribution in [-0.2, 0) is 4.79 Å². The first-order chi connectivity index (χ1) is 12.4. The van der Waals surface area contributed by atoms with Gasteiger partial charge in [-0.2, -0.15) is 0 Å². The van der Waals surface area contributed by atoms with Crippen molar-refractivity contribution in [2.75, 3.05) is 11.2 Å². The Morgan fingerprint density at radius 2 is 1.96 bits per heavy atom. The molecule has 0 spiro atoms. The van der Waals surface area contributed by atoms with Gasteiger partial charge in [-0.1, -0.05) is 59.3 Å². The van der Waals surface area contributed by atoms with Gasteiger partial charge in [0.15, 0.2) is 5.82 Å². The van der Waals surface area contributed by atoms with Crippen LogP contribution in [0.4, 0.5) is 5.69 Å². The van der Waals surface area contributed by atoms with E-state index in [9.17, 15) is 4.79 Å². The number of nitrogens with two attached hydrogens (primary N) is 1. The van der Waals surface area contributed by atoms with Crippen molar-refractivity contribution in [3.63, 3.8) is 0 Å². The zero-order chi connectivity index (χ0) is 18.7. The predicted octanol–water partition coefficient (Wildman–Crippen LogP) is 3.74. The molecule has 26 heavy (non-hydrogen) atoms. The number of rotatable bonds is 5. The number of anilines is 1. The molecule has 1 aromatic heterocycles. The van der Waals surface area contributed by atoms with Crippen molar-refractivity contribution in [1.82, 2.24) is 14.9 Å².